The lowest BCUT2D eigenvalue weighted by Crippen LogP contribution is -2.32. The number of benzene rings is 2. The minimum absolute atomic E-state index is 0.0118. The van der Waals surface area contributed by atoms with Crippen molar-refractivity contribution in [3.8, 4) is 23.0 Å². The third-order valence-electron chi connectivity index (χ3n) is 5.85. The van der Waals surface area contributed by atoms with Crippen LogP contribution in [0.2, 0.25) is 0 Å². The molecule has 0 unspecified atom stereocenters. The van der Waals surface area contributed by atoms with E-state index >= 15 is 0 Å². The highest BCUT2D eigenvalue weighted by atomic mass is 16.7. The molecule has 1 heterocycles. The number of phenolic OH excluding ortho intramolecular Hbond substituents is 1. The van der Waals surface area contributed by atoms with Crippen molar-refractivity contribution in [2.45, 2.75) is 38.5 Å². The van der Waals surface area contributed by atoms with Gasteiger partial charge in [0.1, 0.15) is 0 Å². The highest BCUT2D eigenvalue weighted by Crippen LogP contribution is 2.29. The van der Waals surface area contributed by atoms with Crippen molar-refractivity contribution in [2.75, 3.05) is 14.2 Å². The fraction of sp³-hybridized carbons (Fsp3) is 0.267. The summed E-state index contributed by atoms with van der Waals surface area (Å²) in [4.78, 5) is 76.3. The molecule has 42 heavy (non-hydrogen) atoms. The van der Waals surface area contributed by atoms with Crippen LogP contribution in [0.25, 0.3) is 12.2 Å². The SMILES string of the molecule is COc1cc(/C=C/C(=O)CC(=O)/C=C/c2ccc(OC(=O)CCCC(=O)ON3C(=O)CCC3=O)c(OC)c2)ccc1O. The molecule has 0 aromatic heterocycles. The Bertz CT molecular complexity index is 1420. The van der Waals surface area contributed by atoms with Gasteiger partial charge in [-0.3, -0.25) is 24.0 Å². The van der Waals surface area contributed by atoms with Gasteiger partial charge in [0.15, 0.2) is 34.6 Å². The van der Waals surface area contributed by atoms with Crippen LogP contribution in [0.1, 0.15) is 49.7 Å². The van der Waals surface area contributed by atoms with E-state index in [0.29, 0.717) is 16.2 Å². The zero-order chi connectivity index (χ0) is 30.6. The molecule has 2 amide bonds. The fourth-order valence-electron chi connectivity index (χ4n) is 3.69. The third-order valence-corrected chi connectivity index (χ3v) is 5.85. The smallest absolute Gasteiger partial charge is 0.333 e. The first-order valence-electron chi connectivity index (χ1n) is 12.8. The van der Waals surface area contributed by atoms with Gasteiger partial charge in [-0.25, -0.2) is 4.79 Å². The second kappa shape index (κ2) is 14.9. The number of ketones is 2. The van der Waals surface area contributed by atoms with E-state index in [1.807, 2.05) is 0 Å². The molecule has 1 aliphatic rings. The van der Waals surface area contributed by atoms with Crippen LogP contribution in [0.4, 0.5) is 0 Å². The summed E-state index contributed by atoms with van der Waals surface area (Å²) in [5, 5.41) is 10.1. The maximum atomic E-state index is 12.3. The van der Waals surface area contributed by atoms with Gasteiger partial charge in [0.2, 0.25) is 0 Å². The normalized spacial score (nSPS) is 13.0. The van der Waals surface area contributed by atoms with Crippen LogP contribution in [0.5, 0.6) is 23.0 Å². The van der Waals surface area contributed by atoms with E-state index in [4.69, 9.17) is 19.0 Å². The van der Waals surface area contributed by atoms with E-state index in [-0.39, 0.29) is 61.5 Å². The molecular formula is C30H29NO11. The third kappa shape index (κ3) is 9.15. The van der Waals surface area contributed by atoms with Crippen LogP contribution in [0, 0.1) is 0 Å². The number of allylic oxidation sites excluding steroid dienone is 2. The monoisotopic (exact) mass is 579 g/mol. The number of imide groups is 1. The zero-order valence-electron chi connectivity index (χ0n) is 23.0. The number of esters is 1. The van der Waals surface area contributed by atoms with Crippen LogP contribution in [-0.2, 0) is 33.6 Å². The van der Waals surface area contributed by atoms with Crippen LogP contribution in [-0.4, -0.2) is 59.7 Å². The molecule has 0 spiro atoms. The number of nitrogens with zero attached hydrogens (tertiary/aromatic N) is 1. The molecular weight excluding hydrogens is 550 g/mol. The second-order valence-corrected chi connectivity index (χ2v) is 8.99. The second-order valence-electron chi connectivity index (χ2n) is 8.99. The predicted molar refractivity (Wildman–Crippen MR) is 147 cm³/mol. The lowest BCUT2D eigenvalue weighted by Gasteiger charge is -2.12. The van der Waals surface area contributed by atoms with Crippen molar-refractivity contribution < 1.29 is 52.9 Å². The van der Waals surface area contributed by atoms with Crippen molar-refractivity contribution in [1.29, 1.82) is 0 Å². The molecule has 12 heteroatoms. The summed E-state index contributed by atoms with van der Waals surface area (Å²) in [6.07, 6.45) is 4.86. The number of hydrogen-bond acceptors (Lipinski definition) is 11. The lowest BCUT2D eigenvalue weighted by molar-refractivity contribution is -0.197. The molecule has 1 saturated heterocycles. The highest BCUT2D eigenvalue weighted by Gasteiger charge is 2.32. The molecule has 3 rings (SSSR count). The summed E-state index contributed by atoms with van der Waals surface area (Å²) < 4.78 is 15.6. The Morgan fingerprint density at radius 3 is 1.93 bits per heavy atom. The lowest BCUT2D eigenvalue weighted by atomic mass is 10.1. The van der Waals surface area contributed by atoms with E-state index in [2.05, 4.69) is 0 Å². The molecule has 0 atom stereocenters. The van der Waals surface area contributed by atoms with E-state index < -0.39 is 35.3 Å². The van der Waals surface area contributed by atoms with Crippen molar-refractivity contribution in [3.63, 3.8) is 0 Å². The Labute approximate surface area is 241 Å². The van der Waals surface area contributed by atoms with Crippen LogP contribution in [0.3, 0.4) is 0 Å². The minimum atomic E-state index is -0.814. The van der Waals surface area contributed by atoms with Gasteiger partial charge in [-0.15, -0.1) is 5.06 Å². The van der Waals surface area contributed by atoms with Crippen molar-refractivity contribution in [1.82, 2.24) is 5.06 Å². The van der Waals surface area contributed by atoms with Crippen LogP contribution >= 0.6 is 0 Å². The number of methoxy groups -OCH3 is 2. The number of phenols is 1. The van der Waals surface area contributed by atoms with E-state index in [1.54, 1.807) is 18.2 Å². The van der Waals surface area contributed by atoms with Crippen molar-refractivity contribution in [3.05, 3.63) is 59.7 Å². The number of aromatic hydroxyl groups is 1. The van der Waals surface area contributed by atoms with Gasteiger partial charge in [-0.2, -0.15) is 0 Å². The minimum Gasteiger partial charge on any atom is -0.504 e. The number of amides is 2. The quantitative estimate of drug-likeness (QED) is 0.115. The molecule has 1 aliphatic heterocycles. The number of carbonyl (C=O) groups is 6. The van der Waals surface area contributed by atoms with E-state index in [1.165, 1.54) is 56.7 Å². The van der Waals surface area contributed by atoms with Gasteiger partial charge in [0, 0.05) is 25.7 Å². The molecule has 220 valence electrons. The topological polar surface area (TPSA) is 163 Å². The molecule has 0 saturated carbocycles. The molecule has 0 bridgehead atoms. The standard InChI is InChI=1S/C30H29NO11/c1-39-25-16-19(8-12-23(25)34)6-10-21(32)18-22(33)11-7-20-9-13-24(26(17-20)40-2)41-29(37)4-3-5-30(38)42-31-27(35)14-15-28(31)36/h6-13,16-17,34H,3-5,14-15,18H2,1-2H3/b10-6+,11-7+. The van der Waals surface area contributed by atoms with Crippen LogP contribution < -0.4 is 14.2 Å². The van der Waals surface area contributed by atoms with Crippen LogP contribution in [0.15, 0.2) is 48.6 Å². The van der Waals surface area contributed by atoms with Gasteiger partial charge < -0.3 is 24.2 Å². The zero-order valence-corrected chi connectivity index (χ0v) is 23.0. The van der Waals surface area contributed by atoms with Gasteiger partial charge in [-0.05, 0) is 54.0 Å². The highest BCUT2D eigenvalue weighted by molar-refractivity contribution is 6.11. The molecule has 2 aromatic rings. The fourth-order valence-corrected chi connectivity index (χ4v) is 3.69. The van der Waals surface area contributed by atoms with Gasteiger partial charge in [0.25, 0.3) is 11.8 Å². The summed E-state index contributed by atoms with van der Waals surface area (Å²) in [6, 6.07) is 9.17. The molecule has 2 aromatic carbocycles. The molecule has 0 radical (unpaired) electrons. The summed E-state index contributed by atoms with van der Waals surface area (Å²) >= 11 is 0. The first-order valence-corrected chi connectivity index (χ1v) is 12.8. The number of ether oxygens (including phenoxy) is 3. The largest absolute Gasteiger partial charge is 0.504 e. The maximum absolute atomic E-state index is 12.3. The Morgan fingerprint density at radius 1 is 0.786 bits per heavy atom. The Kier molecular flexibility index (Phi) is 11.1. The van der Waals surface area contributed by atoms with Gasteiger partial charge in [0.05, 0.1) is 20.6 Å². The number of hydroxylamine groups is 2. The van der Waals surface area contributed by atoms with Crippen molar-refractivity contribution in [2.24, 2.45) is 0 Å². The Balaban J connectivity index is 1.47. The summed E-state index contributed by atoms with van der Waals surface area (Å²) in [6.45, 7) is 0. The van der Waals surface area contributed by atoms with E-state index in [0.717, 1.165) is 0 Å². The average Bonchev–Trinajstić information content (AvgIpc) is 3.28. The predicted octanol–water partition coefficient (Wildman–Crippen LogP) is 3.35. The van der Waals surface area contributed by atoms with Gasteiger partial charge >= 0.3 is 11.9 Å². The number of hydrogen-bond donors (Lipinski definition) is 1. The maximum Gasteiger partial charge on any atom is 0.333 e. The van der Waals surface area contributed by atoms with Gasteiger partial charge in [-0.1, -0.05) is 24.3 Å². The summed E-state index contributed by atoms with van der Waals surface area (Å²) in [7, 11) is 2.78. The molecule has 12 nitrogen and oxygen atoms in total. The molecule has 1 fully saturated rings. The van der Waals surface area contributed by atoms with E-state index in [9.17, 15) is 33.9 Å². The Morgan fingerprint density at radius 2 is 1.33 bits per heavy atom. The first-order chi connectivity index (χ1) is 20.1. The number of rotatable bonds is 14. The summed E-state index contributed by atoms with van der Waals surface area (Å²) in [5.41, 5.74) is 1.16. The summed E-state index contributed by atoms with van der Waals surface area (Å²) in [5.74, 6) is -2.92. The Hall–Kier alpha value is -5.26. The molecule has 1 N–H and O–H groups in total. The van der Waals surface area contributed by atoms with Crippen molar-refractivity contribution >= 4 is 47.5 Å². The average molecular weight is 580 g/mol. The first kappa shape index (κ1) is 31.3. The number of carbonyl (C=O) groups excluding carboxylic acids is 6. The molecule has 0 aliphatic carbocycles.